The molecular weight excluding hydrogens is 410 g/mol. The minimum Gasteiger partial charge on any atom is -0.333 e. The number of benzene rings is 2. The second-order valence-electron chi connectivity index (χ2n) is 7.15. The first-order chi connectivity index (χ1) is 13.9. The summed E-state index contributed by atoms with van der Waals surface area (Å²) in [5.74, 6) is -0.324. The number of sulfonamides is 1. The SMILES string of the molecule is Cc1ccc(C(=O)N(CCS(=O)(=O)N2CCNCC2)Cc2ccccc2Cl)cc1. The molecule has 1 saturated heterocycles. The van der Waals surface area contributed by atoms with Crippen LogP contribution in [0.1, 0.15) is 21.5 Å². The van der Waals surface area contributed by atoms with Crippen LogP contribution < -0.4 is 5.32 Å². The zero-order chi connectivity index (χ0) is 20.9. The Hall–Kier alpha value is -1.93. The minimum absolute atomic E-state index is 0.101. The van der Waals surface area contributed by atoms with Crippen molar-refractivity contribution in [2.45, 2.75) is 13.5 Å². The molecule has 1 aliphatic rings. The summed E-state index contributed by atoms with van der Waals surface area (Å²) in [5, 5.41) is 3.70. The summed E-state index contributed by atoms with van der Waals surface area (Å²) in [5.41, 5.74) is 2.37. The number of aryl methyl sites for hydroxylation is 1. The number of nitrogens with zero attached hydrogens (tertiary/aromatic N) is 2. The smallest absolute Gasteiger partial charge is 0.254 e. The highest BCUT2D eigenvalue weighted by Crippen LogP contribution is 2.19. The van der Waals surface area contributed by atoms with Crippen LogP contribution in [0.2, 0.25) is 5.02 Å². The summed E-state index contributed by atoms with van der Waals surface area (Å²) in [6.45, 7) is 4.51. The molecule has 1 amide bonds. The first kappa shape index (κ1) is 21.8. The van der Waals surface area contributed by atoms with Gasteiger partial charge in [0.1, 0.15) is 0 Å². The highest BCUT2D eigenvalue weighted by molar-refractivity contribution is 7.89. The van der Waals surface area contributed by atoms with Gasteiger partial charge in [0.15, 0.2) is 0 Å². The molecule has 0 aromatic heterocycles. The van der Waals surface area contributed by atoms with Gasteiger partial charge in [0, 0.05) is 49.9 Å². The summed E-state index contributed by atoms with van der Waals surface area (Å²) >= 11 is 6.28. The zero-order valence-electron chi connectivity index (χ0n) is 16.5. The molecule has 8 heteroatoms. The lowest BCUT2D eigenvalue weighted by Gasteiger charge is -2.29. The largest absolute Gasteiger partial charge is 0.333 e. The molecule has 6 nitrogen and oxygen atoms in total. The van der Waals surface area contributed by atoms with Gasteiger partial charge >= 0.3 is 0 Å². The van der Waals surface area contributed by atoms with E-state index >= 15 is 0 Å². The maximum Gasteiger partial charge on any atom is 0.254 e. The maximum atomic E-state index is 13.1. The molecule has 29 heavy (non-hydrogen) atoms. The predicted octanol–water partition coefficient (Wildman–Crippen LogP) is 2.53. The van der Waals surface area contributed by atoms with E-state index in [0.717, 1.165) is 11.1 Å². The molecule has 0 aliphatic carbocycles. The van der Waals surface area contributed by atoms with E-state index in [4.69, 9.17) is 11.6 Å². The number of nitrogens with one attached hydrogen (secondary N) is 1. The Morgan fingerprint density at radius 2 is 1.76 bits per heavy atom. The van der Waals surface area contributed by atoms with E-state index in [0.29, 0.717) is 36.8 Å². The normalized spacial score (nSPS) is 15.2. The number of carbonyl (C=O) groups excluding carboxylic acids is 1. The predicted molar refractivity (Wildman–Crippen MR) is 116 cm³/mol. The second-order valence-corrected chi connectivity index (χ2v) is 9.64. The third-order valence-corrected chi connectivity index (χ3v) is 7.21. The quantitative estimate of drug-likeness (QED) is 0.725. The van der Waals surface area contributed by atoms with Crippen molar-refractivity contribution in [3.63, 3.8) is 0 Å². The van der Waals surface area contributed by atoms with Gasteiger partial charge in [-0.2, -0.15) is 4.31 Å². The molecular formula is C21H26ClN3O3S. The Kier molecular flexibility index (Phi) is 7.29. The van der Waals surface area contributed by atoms with E-state index in [-0.39, 0.29) is 24.7 Å². The molecule has 0 saturated carbocycles. The number of amides is 1. The number of piperazine rings is 1. The summed E-state index contributed by atoms with van der Waals surface area (Å²) in [6, 6.07) is 14.6. The fourth-order valence-electron chi connectivity index (χ4n) is 3.24. The molecule has 2 aromatic carbocycles. The van der Waals surface area contributed by atoms with Crippen LogP contribution >= 0.6 is 11.6 Å². The van der Waals surface area contributed by atoms with Crippen LogP contribution in [0, 0.1) is 6.92 Å². The Morgan fingerprint density at radius 3 is 2.41 bits per heavy atom. The van der Waals surface area contributed by atoms with Crippen LogP contribution in [0.4, 0.5) is 0 Å². The third-order valence-electron chi connectivity index (χ3n) is 4.99. The lowest BCUT2D eigenvalue weighted by atomic mass is 10.1. The summed E-state index contributed by atoms with van der Waals surface area (Å²) in [4.78, 5) is 14.7. The average Bonchev–Trinajstić information content (AvgIpc) is 2.73. The summed E-state index contributed by atoms with van der Waals surface area (Å²) < 4.78 is 27.0. The van der Waals surface area contributed by atoms with E-state index in [1.807, 2.05) is 37.3 Å². The highest BCUT2D eigenvalue weighted by Gasteiger charge is 2.26. The molecule has 3 rings (SSSR count). The van der Waals surface area contributed by atoms with Crippen molar-refractivity contribution in [3.05, 3.63) is 70.2 Å². The minimum atomic E-state index is -3.44. The first-order valence-electron chi connectivity index (χ1n) is 9.65. The summed E-state index contributed by atoms with van der Waals surface area (Å²) in [7, 11) is -3.44. The topological polar surface area (TPSA) is 69.7 Å². The van der Waals surface area contributed by atoms with Gasteiger partial charge in [0.25, 0.3) is 5.91 Å². The fourth-order valence-corrected chi connectivity index (χ4v) is 4.88. The van der Waals surface area contributed by atoms with E-state index in [1.165, 1.54) is 4.31 Å². The van der Waals surface area contributed by atoms with Crippen LogP contribution in [0.5, 0.6) is 0 Å². The molecule has 1 N–H and O–H groups in total. The molecule has 0 unspecified atom stereocenters. The number of halogens is 1. The van der Waals surface area contributed by atoms with Crippen LogP contribution in [0.15, 0.2) is 48.5 Å². The maximum absolute atomic E-state index is 13.1. The van der Waals surface area contributed by atoms with Crippen LogP contribution in [-0.2, 0) is 16.6 Å². The zero-order valence-corrected chi connectivity index (χ0v) is 18.0. The Morgan fingerprint density at radius 1 is 1.10 bits per heavy atom. The van der Waals surface area contributed by atoms with Crippen LogP contribution in [-0.4, -0.2) is 62.0 Å². The Labute approximate surface area is 177 Å². The molecule has 2 aromatic rings. The summed E-state index contributed by atoms with van der Waals surface area (Å²) in [6.07, 6.45) is 0. The lowest BCUT2D eigenvalue weighted by Crippen LogP contribution is -2.48. The lowest BCUT2D eigenvalue weighted by molar-refractivity contribution is 0.0753. The van der Waals surface area contributed by atoms with E-state index in [1.54, 1.807) is 23.1 Å². The van der Waals surface area contributed by atoms with Crippen molar-refractivity contribution in [1.29, 1.82) is 0 Å². The van der Waals surface area contributed by atoms with Gasteiger partial charge in [0.05, 0.1) is 5.75 Å². The number of carbonyl (C=O) groups is 1. The van der Waals surface area contributed by atoms with Gasteiger partial charge in [-0.3, -0.25) is 4.79 Å². The van der Waals surface area contributed by atoms with Crippen molar-refractivity contribution in [2.75, 3.05) is 38.5 Å². The van der Waals surface area contributed by atoms with Crippen molar-refractivity contribution in [1.82, 2.24) is 14.5 Å². The first-order valence-corrected chi connectivity index (χ1v) is 11.6. The van der Waals surface area contributed by atoms with Gasteiger partial charge < -0.3 is 10.2 Å². The van der Waals surface area contributed by atoms with Crippen molar-refractivity contribution in [3.8, 4) is 0 Å². The molecule has 0 atom stereocenters. The van der Waals surface area contributed by atoms with Gasteiger partial charge in [-0.15, -0.1) is 0 Å². The standard InChI is InChI=1S/C21H26ClN3O3S/c1-17-6-8-18(9-7-17)21(26)24(16-19-4-2-3-5-20(19)22)14-15-29(27,28)25-12-10-23-11-13-25/h2-9,23H,10-16H2,1H3. The van der Waals surface area contributed by atoms with Crippen LogP contribution in [0.3, 0.4) is 0 Å². The van der Waals surface area contributed by atoms with Crippen molar-refractivity contribution in [2.24, 2.45) is 0 Å². The van der Waals surface area contributed by atoms with E-state index in [9.17, 15) is 13.2 Å². The van der Waals surface area contributed by atoms with Gasteiger partial charge in [-0.1, -0.05) is 47.5 Å². The number of hydrogen-bond donors (Lipinski definition) is 1. The van der Waals surface area contributed by atoms with Crippen molar-refractivity contribution >= 4 is 27.5 Å². The molecule has 1 aliphatic heterocycles. The molecule has 0 spiro atoms. The van der Waals surface area contributed by atoms with Gasteiger partial charge in [-0.25, -0.2) is 8.42 Å². The Bertz CT molecular complexity index is 942. The Balaban J connectivity index is 1.79. The molecule has 0 bridgehead atoms. The number of hydrogen-bond acceptors (Lipinski definition) is 4. The van der Waals surface area contributed by atoms with Crippen molar-refractivity contribution < 1.29 is 13.2 Å². The monoisotopic (exact) mass is 435 g/mol. The van der Waals surface area contributed by atoms with E-state index < -0.39 is 10.0 Å². The van der Waals surface area contributed by atoms with Crippen LogP contribution in [0.25, 0.3) is 0 Å². The molecule has 0 radical (unpaired) electrons. The van der Waals surface area contributed by atoms with E-state index in [2.05, 4.69) is 5.32 Å². The molecule has 1 fully saturated rings. The second kappa shape index (κ2) is 9.71. The average molecular weight is 436 g/mol. The molecule has 156 valence electrons. The highest BCUT2D eigenvalue weighted by atomic mass is 35.5. The fraction of sp³-hybridized carbons (Fsp3) is 0.381. The van der Waals surface area contributed by atoms with Gasteiger partial charge in [-0.05, 0) is 30.7 Å². The van der Waals surface area contributed by atoms with Gasteiger partial charge in [0.2, 0.25) is 10.0 Å². The number of rotatable bonds is 7. The third kappa shape index (κ3) is 5.79. The molecule has 1 heterocycles.